The fourth-order valence-electron chi connectivity index (χ4n) is 1.93. The molecule has 1 aromatic carbocycles. The lowest BCUT2D eigenvalue weighted by atomic mass is 10.1. The van der Waals surface area contributed by atoms with Crippen molar-refractivity contribution in [1.29, 1.82) is 0 Å². The molecule has 2 aromatic heterocycles. The standard InChI is InChI=1S/C16H12N4O4/c1-23-15(22)12-4-2-10(3-5-12)13(21)18-16-20-19-14(24-16)11-6-8-17-9-7-11/h2-9H,1H3,(H,18,20,21). The van der Waals surface area contributed by atoms with E-state index in [1.807, 2.05) is 0 Å². The molecule has 1 amide bonds. The summed E-state index contributed by atoms with van der Waals surface area (Å²) in [6.07, 6.45) is 3.20. The Balaban J connectivity index is 1.71. The highest BCUT2D eigenvalue weighted by atomic mass is 16.5. The molecule has 2 heterocycles. The van der Waals surface area contributed by atoms with Gasteiger partial charge in [-0.25, -0.2) is 4.79 Å². The Morgan fingerprint density at radius 1 is 1.00 bits per heavy atom. The first kappa shape index (κ1) is 15.3. The molecule has 0 atom stereocenters. The highest BCUT2D eigenvalue weighted by Gasteiger charge is 2.13. The van der Waals surface area contributed by atoms with Crippen molar-refractivity contribution in [3.8, 4) is 11.5 Å². The van der Waals surface area contributed by atoms with Crippen LogP contribution in [0.5, 0.6) is 0 Å². The molecule has 3 rings (SSSR count). The third-order valence-corrected chi connectivity index (χ3v) is 3.14. The van der Waals surface area contributed by atoms with Crippen LogP contribution in [0.2, 0.25) is 0 Å². The zero-order chi connectivity index (χ0) is 16.9. The van der Waals surface area contributed by atoms with Crippen LogP contribution in [0.15, 0.2) is 53.2 Å². The summed E-state index contributed by atoms with van der Waals surface area (Å²) in [5.74, 6) is -0.633. The molecule has 0 aliphatic rings. The van der Waals surface area contributed by atoms with Crippen molar-refractivity contribution < 1.29 is 18.7 Å². The molecule has 0 saturated carbocycles. The number of amides is 1. The summed E-state index contributed by atoms with van der Waals surface area (Å²) in [6, 6.07) is 9.40. The molecule has 8 nitrogen and oxygen atoms in total. The van der Waals surface area contributed by atoms with E-state index in [0.29, 0.717) is 16.7 Å². The monoisotopic (exact) mass is 324 g/mol. The SMILES string of the molecule is COC(=O)c1ccc(C(=O)Nc2nnc(-c3ccncc3)o2)cc1. The largest absolute Gasteiger partial charge is 0.465 e. The number of rotatable bonds is 4. The van der Waals surface area contributed by atoms with E-state index in [1.165, 1.54) is 31.4 Å². The third-order valence-electron chi connectivity index (χ3n) is 3.14. The van der Waals surface area contributed by atoms with Crippen molar-refractivity contribution in [2.45, 2.75) is 0 Å². The number of nitrogens with one attached hydrogen (secondary N) is 1. The van der Waals surface area contributed by atoms with E-state index >= 15 is 0 Å². The Morgan fingerprint density at radius 3 is 2.33 bits per heavy atom. The van der Waals surface area contributed by atoms with Gasteiger partial charge in [-0.05, 0) is 36.4 Å². The number of pyridine rings is 1. The van der Waals surface area contributed by atoms with Gasteiger partial charge in [0.05, 0.1) is 12.7 Å². The fraction of sp³-hybridized carbons (Fsp3) is 0.0625. The molecule has 0 saturated heterocycles. The predicted octanol–water partition coefficient (Wildman–Crippen LogP) is 2.17. The quantitative estimate of drug-likeness (QED) is 0.733. The van der Waals surface area contributed by atoms with Gasteiger partial charge in [-0.15, -0.1) is 5.10 Å². The molecule has 0 spiro atoms. The zero-order valence-electron chi connectivity index (χ0n) is 12.6. The van der Waals surface area contributed by atoms with Crippen molar-refractivity contribution in [3.05, 3.63) is 59.9 Å². The van der Waals surface area contributed by atoms with Crippen LogP contribution in [-0.2, 0) is 4.74 Å². The van der Waals surface area contributed by atoms with Crippen molar-refractivity contribution in [3.63, 3.8) is 0 Å². The normalized spacial score (nSPS) is 10.2. The van der Waals surface area contributed by atoms with Crippen molar-refractivity contribution in [1.82, 2.24) is 15.2 Å². The van der Waals surface area contributed by atoms with Gasteiger partial charge in [-0.3, -0.25) is 15.1 Å². The summed E-state index contributed by atoms with van der Waals surface area (Å²) in [6.45, 7) is 0. The van der Waals surface area contributed by atoms with Crippen LogP contribution in [0.1, 0.15) is 20.7 Å². The smallest absolute Gasteiger partial charge is 0.337 e. The minimum atomic E-state index is -0.471. The maximum Gasteiger partial charge on any atom is 0.337 e. The highest BCUT2D eigenvalue weighted by molar-refractivity contribution is 6.03. The molecular formula is C16H12N4O4. The second-order valence-electron chi connectivity index (χ2n) is 4.67. The van der Waals surface area contributed by atoms with Gasteiger partial charge in [-0.1, -0.05) is 5.10 Å². The van der Waals surface area contributed by atoms with Gasteiger partial charge < -0.3 is 9.15 Å². The average Bonchev–Trinajstić information content (AvgIpc) is 3.10. The van der Waals surface area contributed by atoms with E-state index in [0.717, 1.165) is 0 Å². The Hall–Kier alpha value is -3.55. The van der Waals surface area contributed by atoms with Crippen molar-refractivity contribution in [2.24, 2.45) is 0 Å². The number of nitrogens with zero attached hydrogens (tertiary/aromatic N) is 3. The van der Waals surface area contributed by atoms with Crippen LogP contribution in [-0.4, -0.2) is 34.2 Å². The van der Waals surface area contributed by atoms with E-state index in [9.17, 15) is 9.59 Å². The minimum absolute atomic E-state index is 0.0242. The Bertz CT molecular complexity index is 859. The molecule has 1 N–H and O–H groups in total. The second-order valence-corrected chi connectivity index (χ2v) is 4.67. The lowest BCUT2D eigenvalue weighted by Crippen LogP contribution is -2.12. The maximum atomic E-state index is 12.1. The van der Waals surface area contributed by atoms with E-state index in [1.54, 1.807) is 24.5 Å². The molecule has 8 heteroatoms. The average molecular weight is 324 g/mol. The highest BCUT2D eigenvalue weighted by Crippen LogP contribution is 2.19. The first-order valence-electron chi connectivity index (χ1n) is 6.91. The number of esters is 1. The zero-order valence-corrected chi connectivity index (χ0v) is 12.6. The lowest BCUT2D eigenvalue weighted by Gasteiger charge is -2.02. The van der Waals surface area contributed by atoms with Crippen molar-refractivity contribution in [2.75, 3.05) is 12.4 Å². The van der Waals surface area contributed by atoms with Crippen LogP contribution in [0.3, 0.4) is 0 Å². The van der Waals surface area contributed by atoms with Crippen LogP contribution in [0, 0.1) is 0 Å². The molecule has 3 aromatic rings. The summed E-state index contributed by atoms with van der Waals surface area (Å²) >= 11 is 0. The van der Waals surface area contributed by atoms with Crippen LogP contribution in [0.4, 0.5) is 6.01 Å². The van der Waals surface area contributed by atoms with E-state index in [4.69, 9.17) is 4.42 Å². The lowest BCUT2D eigenvalue weighted by molar-refractivity contribution is 0.0600. The van der Waals surface area contributed by atoms with Gasteiger partial charge in [0.1, 0.15) is 0 Å². The number of benzene rings is 1. The van der Waals surface area contributed by atoms with Gasteiger partial charge in [0.25, 0.3) is 5.91 Å². The third kappa shape index (κ3) is 3.27. The van der Waals surface area contributed by atoms with E-state index in [-0.39, 0.29) is 11.9 Å². The molecule has 0 unspecified atom stereocenters. The van der Waals surface area contributed by atoms with Crippen LogP contribution in [0.25, 0.3) is 11.5 Å². The van der Waals surface area contributed by atoms with Gasteiger partial charge in [-0.2, -0.15) is 0 Å². The second kappa shape index (κ2) is 6.69. The number of ether oxygens (including phenoxy) is 1. The molecule has 0 aliphatic carbocycles. The Kier molecular flexibility index (Phi) is 4.28. The maximum absolute atomic E-state index is 12.1. The summed E-state index contributed by atoms with van der Waals surface area (Å²) in [5.41, 5.74) is 1.39. The predicted molar refractivity (Wildman–Crippen MR) is 83.3 cm³/mol. The summed E-state index contributed by atoms with van der Waals surface area (Å²) in [5, 5.41) is 10.1. The number of anilines is 1. The molecule has 24 heavy (non-hydrogen) atoms. The Morgan fingerprint density at radius 2 is 1.67 bits per heavy atom. The van der Waals surface area contributed by atoms with Gasteiger partial charge in [0, 0.05) is 23.5 Å². The summed E-state index contributed by atoms with van der Waals surface area (Å²) in [7, 11) is 1.29. The first-order valence-corrected chi connectivity index (χ1v) is 6.91. The summed E-state index contributed by atoms with van der Waals surface area (Å²) < 4.78 is 9.98. The molecule has 0 aliphatic heterocycles. The van der Waals surface area contributed by atoms with Crippen LogP contribution >= 0.6 is 0 Å². The number of hydrogen-bond acceptors (Lipinski definition) is 7. The first-order chi connectivity index (χ1) is 11.7. The van der Waals surface area contributed by atoms with Crippen LogP contribution < -0.4 is 5.32 Å². The van der Waals surface area contributed by atoms with E-state index in [2.05, 4.69) is 25.2 Å². The number of carbonyl (C=O) groups excluding carboxylic acids is 2. The number of hydrogen-bond donors (Lipinski definition) is 1. The number of carbonyl (C=O) groups is 2. The fourth-order valence-corrected chi connectivity index (χ4v) is 1.93. The topological polar surface area (TPSA) is 107 Å². The molecule has 120 valence electrons. The molecule has 0 fully saturated rings. The van der Waals surface area contributed by atoms with E-state index < -0.39 is 11.9 Å². The number of methoxy groups -OCH3 is 1. The van der Waals surface area contributed by atoms with Gasteiger partial charge >= 0.3 is 12.0 Å². The van der Waals surface area contributed by atoms with Gasteiger partial charge in [0.2, 0.25) is 5.89 Å². The van der Waals surface area contributed by atoms with Gasteiger partial charge in [0.15, 0.2) is 0 Å². The molecule has 0 bridgehead atoms. The summed E-state index contributed by atoms with van der Waals surface area (Å²) in [4.78, 5) is 27.4. The molecular weight excluding hydrogens is 312 g/mol. The van der Waals surface area contributed by atoms with Crippen molar-refractivity contribution >= 4 is 17.9 Å². The minimum Gasteiger partial charge on any atom is -0.465 e. The molecule has 0 radical (unpaired) electrons. The Labute approximate surface area is 136 Å². The number of aromatic nitrogens is 3.